The summed E-state index contributed by atoms with van der Waals surface area (Å²) < 4.78 is 0. The molecule has 0 aromatic rings. The van der Waals surface area contributed by atoms with Crippen LogP contribution < -0.4 is 0 Å². The van der Waals surface area contributed by atoms with Crippen molar-refractivity contribution in [3.8, 4) is 0 Å². The molecule has 0 radical (unpaired) electrons. The molecule has 0 aromatic carbocycles. The van der Waals surface area contributed by atoms with Gasteiger partial charge in [-0.1, -0.05) is 52.4 Å². The average molecular weight is 271 g/mol. The van der Waals surface area contributed by atoms with Crippen LogP contribution in [0.1, 0.15) is 71.6 Å². The molecule has 0 fully saturated rings. The molecule has 19 heavy (non-hydrogen) atoms. The van der Waals surface area contributed by atoms with Gasteiger partial charge in [0.05, 0.1) is 0 Å². The fraction of sp³-hybridized carbons (Fsp3) is 0.867. The highest BCUT2D eigenvalue weighted by atomic mass is 16.4. The van der Waals surface area contributed by atoms with E-state index in [2.05, 4.69) is 13.8 Å². The second kappa shape index (κ2) is 12.0. The Morgan fingerprint density at radius 1 is 0.842 bits per heavy atom. The maximum atomic E-state index is 11.8. The molecule has 1 amide bonds. The maximum Gasteiger partial charge on any atom is 0.312 e. The third-order valence-electron chi connectivity index (χ3n) is 3.22. The zero-order valence-electron chi connectivity index (χ0n) is 12.5. The van der Waals surface area contributed by atoms with Gasteiger partial charge in [0, 0.05) is 13.1 Å². The van der Waals surface area contributed by atoms with Crippen molar-refractivity contribution in [2.45, 2.75) is 71.6 Å². The van der Waals surface area contributed by atoms with Gasteiger partial charge in [0.1, 0.15) is 6.42 Å². The molecule has 0 saturated carbocycles. The van der Waals surface area contributed by atoms with Crippen molar-refractivity contribution in [3.05, 3.63) is 0 Å². The lowest BCUT2D eigenvalue weighted by molar-refractivity contribution is -0.144. The van der Waals surface area contributed by atoms with Crippen LogP contribution in [0, 0.1) is 0 Å². The number of carbonyl (C=O) groups is 2. The Balaban J connectivity index is 4.05. The van der Waals surface area contributed by atoms with E-state index in [-0.39, 0.29) is 12.3 Å². The van der Waals surface area contributed by atoms with Crippen molar-refractivity contribution in [2.24, 2.45) is 0 Å². The van der Waals surface area contributed by atoms with E-state index < -0.39 is 5.97 Å². The molecule has 0 atom stereocenters. The van der Waals surface area contributed by atoms with Crippen molar-refractivity contribution in [1.29, 1.82) is 0 Å². The van der Waals surface area contributed by atoms with Gasteiger partial charge in [0.15, 0.2) is 0 Å². The van der Waals surface area contributed by atoms with Crippen molar-refractivity contribution >= 4 is 11.9 Å². The van der Waals surface area contributed by atoms with Gasteiger partial charge >= 0.3 is 5.97 Å². The lowest BCUT2D eigenvalue weighted by Crippen LogP contribution is -2.34. The summed E-state index contributed by atoms with van der Waals surface area (Å²) in [5.41, 5.74) is 0. The Morgan fingerprint density at radius 2 is 1.32 bits per heavy atom. The molecule has 0 spiro atoms. The third kappa shape index (κ3) is 10.5. The number of unbranched alkanes of at least 4 members (excludes halogenated alkanes) is 6. The minimum atomic E-state index is -1.03. The minimum Gasteiger partial charge on any atom is -0.481 e. The molecule has 0 aliphatic heterocycles. The summed E-state index contributed by atoms with van der Waals surface area (Å²) in [5.74, 6) is -1.27. The highest BCUT2D eigenvalue weighted by Crippen LogP contribution is 2.07. The number of hydrogen-bond donors (Lipinski definition) is 1. The lowest BCUT2D eigenvalue weighted by Gasteiger charge is -2.22. The maximum absolute atomic E-state index is 11.8. The van der Waals surface area contributed by atoms with E-state index in [4.69, 9.17) is 5.11 Å². The standard InChI is InChI=1S/C15H29NO3/c1-3-5-7-9-11-16(12-10-8-6-4-2)14(17)13-15(18)19/h3-13H2,1-2H3,(H,18,19). The summed E-state index contributed by atoms with van der Waals surface area (Å²) in [6, 6.07) is 0. The van der Waals surface area contributed by atoms with Gasteiger partial charge in [-0.25, -0.2) is 0 Å². The van der Waals surface area contributed by atoms with Gasteiger partial charge < -0.3 is 10.0 Å². The SMILES string of the molecule is CCCCCCN(CCCCCC)C(=O)CC(=O)O. The molecule has 4 nitrogen and oxygen atoms in total. The van der Waals surface area contributed by atoms with Crippen LogP contribution in [0.15, 0.2) is 0 Å². The van der Waals surface area contributed by atoms with Crippen molar-refractivity contribution in [3.63, 3.8) is 0 Å². The molecule has 4 heteroatoms. The summed E-state index contributed by atoms with van der Waals surface area (Å²) in [4.78, 5) is 24.2. The molecular weight excluding hydrogens is 242 g/mol. The van der Waals surface area contributed by atoms with Crippen LogP contribution in [0.25, 0.3) is 0 Å². The van der Waals surface area contributed by atoms with E-state index in [0.717, 1.165) is 25.7 Å². The van der Waals surface area contributed by atoms with Crippen LogP contribution >= 0.6 is 0 Å². The van der Waals surface area contributed by atoms with Gasteiger partial charge in [0.2, 0.25) is 5.91 Å². The van der Waals surface area contributed by atoms with E-state index in [1.807, 2.05) is 0 Å². The first-order valence-electron chi connectivity index (χ1n) is 7.61. The first-order valence-corrected chi connectivity index (χ1v) is 7.61. The van der Waals surface area contributed by atoms with Gasteiger partial charge in [-0.3, -0.25) is 9.59 Å². The monoisotopic (exact) mass is 271 g/mol. The number of aliphatic carboxylic acids is 1. The molecule has 112 valence electrons. The predicted octanol–water partition coefficient (Wildman–Crippen LogP) is 3.45. The van der Waals surface area contributed by atoms with Crippen molar-refractivity contribution < 1.29 is 14.7 Å². The van der Waals surface area contributed by atoms with E-state index in [1.165, 1.54) is 25.7 Å². The number of carboxylic acid groups (broad SMARTS) is 1. The predicted molar refractivity (Wildman–Crippen MR) is 77.1 cm³/mol. The number of carboxylic acids is 1. The Labute approximate surface area is 117 Å². The Hall–Kier alpha value is -1.06. The molecule has 0 unspecified atom stereocenters. The summed E-state index contributed by atoms with van der Waals surface area (Å²) in [7, 11) is 0. The quantitative estimate of drug-likeness (QED) is 0.437. The lowest BCUT2D eigenvalue weighted by atomic mass is 10.1. The summed E-state index contributed by atoms with van der Waals surface area (Å²) in [6.07, 6.45) is 8.50. The molecule has 0 aliphatic rings. The highest BCUT2D eigenvalue weighted by molar-refractivity contribution is 5.93. The largest absolute Gasteiger partial charge is 0.481 e. The van der Waals surface area contributed by atoms with Gasteiger partial charge in [0.25, 0.3) is 0 Å². The summed E-state index contributed by atoms with van der Waals surface area (Å²) in [6.45, 7) is 5.71. The smallest absolute Gasteiger partial charge is 0.312 e. The fourth-order valence-electron chi connectivity index (χ4n) is 2.06. The van der Waals surface area contributed by atoms with Crippen LogP contribution in [0.2, 0.25) is 0 Å². The zero-order valence-corrected chi connectivity index (χ0v) is 12.5. The second-order valence-corrected chi connectivity index (χ2v) is 5.07. The molecule has 0 aliphatic carbocycles. The summed E-state index contributed by atoms with van der Waals surface area (Å²) >= 11 is 0. The minimum absolute atomic E-state index is 0.236. The topological polar surface area (TPSA) is 57.6 Å². The Bertz CT molecular complexity index is 242. The molecular formula is C15H29NO3. The molecule has 0 saturated heterocycles. The molecule has 1 N–H and O–H groups in total. The van der Waals surface area contributed by atoms with Gasteiger partial charge in [-0.2, -0.15) is 0 Å². The zero-order chi connectivity index (χ0) is 14.5. The molecule has 0 heterocycles. The Kier molecular flexibility index (Phi) is 11.3. The number of amides is 1. The van der Waals surface area contributed by atoms with E-state index in [0.29, 0.717) is 13.1 Å². The second-order valence-electron chi connectivity index (χ2n) is 5.07. The molecule has 0 aromatic heterocycles. The number of rotatable bonds is 12. The van der Waals surface area contributed by atoms with Crippen LogP contribution in [-0.2, 0) is 9.59 Å². The van der Waals surface area contributed by atoms with E-state index in [1.54, 1.807) is 4.90 Å². The first-order chi connectivity index (χ1) is 9.11. The van der Waals surface area contributed by atoms with Crippen molar-refractivity contribution in [2.75, 3.05) is 13.1 Å². The van der Waals surface area contributed by atoms with Crippen LogP contribution in [0.4, 0.5) is 0 Å². The average Bonchev–Trinajstić information content (AvgIpc) is 2.36. The summed E-state index contributed by atoms with van der Waals surface area (Å²) in [5, 5.41) is 8.70. The van der Waals surface area contributed by atoms with Crippen LogP contribution in [0.5, 0.6) is 0 Å². The third-order valence-corrected chi connectivity index (χ3v) is 3.22. The number of hydrogen-bond acceptors (Lipinski definition) is 2. The van der Waals surface area contributed by atoms with E-state index in [9.17, 15) is 9.59 Å². The van der Waals surface area contributed by atoms with Crippen molar-refractivity contribution in [1.82, 2.24) is 4.90 Å². The molecule has 0 rings (SSSR count). The van der Waals surface area contributed by atoms with Crippen LogP contribution in [-0.4, -0.2) is 35.0 Å². The first kappa shape index (κ1) is 17.9. The van der Waals surface area contributed by atoms with Gasteiger partial charge in [-0.05, 0) is 12.8 Å². The van der Waals surface area contributed by atoms with Crippen LogP contribution in [0.3, 0.4) is 0 Å². The fourth-order valence-corrected chi connectivity index (χ4v) is 2.06. The number of nitrogens with zero attached hydrogens (tertiary/aromatic N) is 1. The normalized spacial score (nSPS) is 10.4. The van der Waals surface area contributed by atoms with E-state index >= 15 is 0 Å². The molecule has 0 bridgehead atoms. The Morgan fingerprint density at radius 3 is 1.68 bits per heavy atom. The highest BCUT2D eigenvalue weighted by Gasteiger charge is 2.15. The van der Waals surface area contributed by atoms with Gasteiger partial charge in [-0.15, -0.1) is 0 Å². The number of carbonyl (C=O) groups excluding carboxylic acids is 1.